The molecular formula is C9H14F5NO2. The lowest BCUT2D eigenvalue weighted by Gasteiger charge is -2.18. The van der Waals surface area contributed by atoms with Gasteiger partial charge in [0.05, 0.1) is 6.61 Å². The van der Waals surface area contributed by atoms with Crippen molar-refractivity contribution in [1.82, 2.24) is 5.32 Å². The van der Waals surface area contributed by atoms with Gasteiger partial charge in [-0.05, 0) is 5.92 Å². The van der Waals surface area contributed by atoms with Gasteiger partial charge in [-0.1, -0.05) is 13.8 Å². The second kappa shape index (κ2) is 6.13. The summed E-state index contributed by atoms with van der Waals surface area (Å²) in [5, 5.41) is 1.47. The van der Waals surface area contributed by atoms with E-state index in [2.05, 4.69) is 0 Å². The number of amides is 1. The molecule has 1 amide bonds. The maximum absolute atomic E-state index is 12.4. The molecule has 0 aromatic rings. The minimum Gasteiger partial charge on any atom is -0.379 e. The Morgan fingerprint density at radius 2 is 1.76 bits per heavy atom. The van der Waals surface area contributed by atoms with Gasteiger partial charge >= 0.3 is 12.1 Å². The summed E-state index contributed by atoms with van der Waals surface area (Å²) in [6, 6.07) is 0. The lowest BCUT2D eigenvalue weighted by molar-refractivity contribution is -0.269. The highest BCUT2D eigenvalue weighted by molar-refractivity contribution is 5.84. The number of nitrogens with one attached hydrogen (secondary N) is 1. The summed E-state index contributed by atoms with van der Waals surface area (Å²) in [6.07, 6.45) is -5.88. The van der Waals surface area contributed by atoms with Crippen molar-refractivity contribution in [3.63, 3.8) is 0 Å². The van der Waals surface area contributed by atoms with E-state index in [4.69, 9.17) is 4.74 Å². The van der Waals surface area contributed by atoms with E-state index in [0.29, 0.717) is 6.61 Å². The van der Waals surface area contributed by atoms with Crippen LogP contribution in [-0.2, 0) is 9.53 Å². The standard InChI is InChI=1S/C9H14F5NO2/c1-6(2)5-17-4-3-15-7(16)8(10,11)9(12,13)14/h6H,3-5H2,1-2H3,(H,15,16). The van der Waals surface area contributed by atoms with Gasteiger partial charge in [0.2, 0.25) is 0 Å². The maximum atomic E-state index is 12.4. The van der Waals surface area contributed by atoms with Gasteiger partial charge in [-0.15, -0.1) is 0 Å². The normalized spacial score (nSPS) is 12.9. The third kappa shape index (κ3) is 5.29. The molecule has 0 aliphatic heterocycles. The predicted molar refractivity (Wildman–Crippen MR) is 49.7 cm³/mol. The summed E-state index contributed by atoms with van der Waals surface area (Å²) in [6.45, 7) is 3.52. The van der Waals surface area contributed by atoms with E-state index in [9.17, 15) is 26.7 Å². The minimum atomic E-state index is -5.88. The summed E-state index contributed by atoms with van der Waals surface area (Å²) >= 11 is 0. The molecule has 0 atom stereocenters. The van der Waals surface area contributed by atoms with Crippen molar-refractivity contribution in [2.75, 3.05) is 19.8 Å². The third-order valence-electron chi connectivity index (χ3n) is 1.62. The van der Waals surface area contributed by atoms with Gasteiger partial charge in [-0.25, -0.2) is 0 Å². The van der Waals surface area contributed by atoms with Crippen LogP contribution in [0, 0.1) is 5.92 Å². The number of hydrogen-bond donors (Lipinski definition) is 1. The molecule has 0 saturated carbocycles. The van der Waals surface area contributed by atoms with Gasteiger partial charge in [0.15, 0.2) is 0 Å². The molecule has 0 unspecified atom stereocenters. The van der Waals surface area contributed by atoms with E-state index in [0.717, 1.165) is 0 Å². The number of carbonyl (C=O) groups is 1. The number of halogens is 5. The Labute approximate surface area is 95.3 Å². The van der Waals surface area contributed by atoms with Gasteiger partial charge in [-0.3, -0.25) is 4.79 Å². The number of carbonyl (C=O) groups excluding carboxylic acids is 1. The fourth-order valence-electron chi connectivity index (χ4n) is 0.796. The summed E-state index contributed by atoms with van der Waals surface area (Å²) in [7, 11) is 0. The third-order valence-corrected chi connectivity index (χ3v) is 1.62. The highest BCUT2D eigenvalue weighted by atomic mass is 19.4. The maximum Gasteiger partial charge on any atom is 0.463 e. The molecule has 0 fully saturated rings. The number of hydrogen-bond acceptors (Lipinski definition) is 2. The molecule has 0 aromatic carbocycles. The molecule has 0 saturated heterocycles. The van der Waals surface area contributed by atoms with E-state index in [1.807, 2.05) is 13.8 Å². The van der Waals surface area contributed by atoms with E-state index in [1.54, 1.807) is 0 Å². The molecule has 102 valence electrons. The summed E-state index contributed by atoms with van der Waals surface area (Å²) < 4.78 is 64.8. The average molecular weight is 263 g/mol. The monoisotopic (exact) mass is 263 g/mol. The van der Waals surface area contributed by atoms with E-state index in [1.165, 1.54) is 5.32 Å². The summed E-state index contributed by atoms with van der Waals surface area (Å²) in [5.41, 5.74) is 0. The molecule has 1 N–H and O–H groups in total. The van der Waals surface area contributed by atoms with Crippen LogP contribution in [0.3, 0.4) is 0 Å². The predicted octanol–water partition coefficient (Wildman–Crippen LogP) is 1.97. The van der Waals surface area contributed by atoms with Crippen LogP contribution in [0.25, 0.3) is 0 Å². The molecule has 0 bridgehead atoms. The van der Waals surface area contributed by atoms with Gasteiger partial charge in [0.25, 0.3) is 5.91 Å². The Hall–Kier alpha value is -0.920. The van der Waals surface area contributed by atoms with Crippen LogP contribution in [0.1, 0.15) is 13.8 Å². The minimum absolute atomic E-state index is 0.113. The zero-order valence-corrected chi connectivity index (χ0v) is 9.40. The van der Waals surface area contributed by atoms with Crippen molar-refractivity contribution >= 4 is 5.91 Å². The van der Waals surface area contributed by atoms with Crippen LogP contribution in [0.2, 0.25) is 0 Å². The average Bonchev–Trinajstić information content (AvgIpc) is 2.14. The van der Waals surface area contributed by atoms with E-state index < -0.39 is 24.6 Å². The Morgan fingerprint density at radius 1 is 1.24 bits per heavy atom. The molecule has 0 spiro atoms. The number of rotatable bonds is 6. The molecule has 0 aromatic heterocycles. The van der Waals surface area contributed by atoms with Gasteiger partial charge in [-0.2, -0.15) is 22.0 Å². The van der Waals surface area contributed by atoms with Crippen LogP contribution < -0.4 is 5.32 Å². The van der Waals surface area contributed by atoms with Gasteiger partial charge in [0.1, 0.15) is 0 Å². The van der Waals surface area contributed by atoms with Crippen LogP contribution in [0.4, 0.5) is 22.0 Å². The molecule has 3 nitrogen and oxygen atoms in total. The van der Waals surface area contributed by atoms with Crippen molar-refractivity contribution < 1.29 is 31.5 Å². The lowest BCUT2D eigenvalue weighted by atomic mass is 10.2. The first-order valence-corrected chi connectivity index (χ1v) is 4.89. The SMILES string of the molecule is CC(C)COCCNC(=O)C(F)(F)C(F)(F)F. The first-order valence-electron chi connectivity index (χ1n) is 4.89. The molecule has 0 rings (SSSR count). The molecule has 17 heavy (non-hydrogen) atoms. The Balaban J connectivity index is 3.95. The Bertz CT molecular complexity index is 252. The molecule has 8 heteroatoms. The number of ether oxygens (including phenoxy) is 1. The lowest BCUT2D eigenvalue weighted by Crippen LogP contribution is -2.51. The van der Waals surface area contributed by atoms with Crippen LogP contribution in [-0.4, -0.2) is 37.8 Å². The quantitative estimate of drug-likeness (QED) is 0.587. The second-order valence-corrected chi connectivity index (χ2v) is 3.80. The van der Waals surface area contributed by atoms with Crippen molar-refractivity contribution in [1.29, 1.82) is 0 Å². The van der Waals surface area contributed by atoms with Crippen LogP contribution >= 0.6 is 0 Å². The smallest absolute Gasteiger partial charge is 0.379 e. The first-order chi connectivity index (χ1) is 7.59. The highest BCUT2D eigenvalue weighted by Gasteiger charge is 2.63. The molecular weight excluding hydrogens is 249 g/mol. The zero-order chi connectivity index (χ0) is 13.7. The van der Waals surface area contributed by atoms with Crippen molar-refractivity contribution in [2.24, 2.45) is 5.92 Å². The van der Waals surface area contributed by atoms with Gasteiger partial charge < -0.3 is 10.1 Å². The molecule has 0 aliphatic rings. The summed E-state index contributed by atoms with van der Waals surface area (Å²) in [5.74, 6) is -7.52. The summed E-state index contributed by atoms with van der Waals surface area (Å²) in [4.78, 5) is 10.6. The van der Waals surface area contributed by atoms with Crippen LogP contribution in [0.15, 0.2) is 0 Å². The molecule has 0 aliphatic carbocycles. The largest absolute Gasteiger partial charge is 0.463 e. The number of alkyl halides is 5. The molecule has 0 radical (unpaired) electrons. The fraction of sp³-hybridized carbons (Fsp3) is 0.889. The zero-order valence-electron chi connectivity index (χ0n) is 9.40. The Morgan fingerprint density at radius 3 is 2.18 bits per heavy atom. The second-order valence-electron chi connectivity index (χ2n) is 3.80. The van der Waals surface area contributed by atoms with Crippen LogP contribution in [0.5, 0.6) is 0 Å². The van der Waals surface area contributed by atoms with Gasteiger partial charge in [0, 0.05) is 13.2 Å². The topological polar surface area (TPSA) is 38.3 Å². The first kappa shape index (κ1) is 16.1. The highest BCUT2D eigenvalue weighted by Crippen LogP contribution is 2.35. The van der Waals surface area contributed by atoms with E-state index in [-0.39, 0.29) is 12.5 Å². The van der Waals surface area contributed by atoms with E-state index >= 15 is 0 Å². The Kier molecular flexibility index (Phi) is 5.80. The van der Waals surface area contributed by atoms with Crippen molar-refractivity contribution in [3.8, 4) is 0 Å². The van der Waals surface area contributed by atoms with Crippen molar-refractivity contribution in [3.05, 3.63) is 0 Å². The fourth-order valence-corrected chi connectivity index (χ4v) is 0.796. The molecule has 0 heterocycles. The van der Waals surface area contributed by atoms with Crippen molar-refractivity contribution in [2.45, 2.75) is 25.9 Å².